The molecule has 0 radical (unpaired) electrons. The first kappa shape index (κ1) is 10.4. The number of nitriles is 1. The zero-order chi connectivity index (χ0) is 9.40. The van der Waals surface area contributed by atoms with Gasteiger partial charge in [0.1, 0.15) is 6.54 Å². The van der Waals surface area contributed by atoms with E-state index in [4.69, 9.17) is 5.26 Å². The maximum Gasteiger partial charge on any atom is 0.310 e. The van der Waals surface area contributed by atoms with Gasteiger partial charge in [-0.25, -0.2) is 0 Å². The number of nitrogens with one attached hydrogen (secondary N) is 2. The van der Waals surface area contributed by atoms with Crippen LogP contribution in [0.2, 0.25) is 0 Å². The van der Waals surface area contributed by atoms with Crippen molar-refractivity contribution in [1.29, 1.82) is 5.26 Å². The summed E-state index contributed by atoms with van der Waals surface area (Å²) < 4.78 is 0. The highest BCUT2D eigenvalue weighted by atomic mass is 16.2. The third-order valence-electron chi connectivity index (χ3n) is 1.07. The summed E-state index contributed by atoms with van der Waals surface area (Å²) in [5.74, 6) is -1.45. The van der Waals surface area contributed by atoms with Crippen LogP contribution < -0.4 is 10.6 Å². The fourth-order valence-corrected chi connectivity index (χ4v) is 0.519. The van der Waals surface area contributed by atoms with Crippen LogP contribution in [0.25, 0.3) is 0 Å². The minimum absolute atomic E-state index is 0.140. The summed E-state index contributed by atoms with van der Waals surface area (Å²) in [4.78, 5) is 21.5. The fourth-order valence-electron chi connectivity index (χ4n) is 0.519. The molecule has 0 saturated heterocycles. The number of nitrogens with zero attached hydrogens (tertiary/aromatic N) is 1. The molecular weight excluding hydrogens is 158 g/mol. The van der Waals surface area contributed by atoms with Crippen molar-refractivity contribution >= 4 is 11.8 Å². The summed E-state index contributed by atoms with van der Waals surface area (Å²) in [6.45, 7) is 2.21. The summed E-state index contributed by atoms with van der Waals surface area (Å²) >= 11 is 0. The molecule has 0 saturated carbocycles. The molecule has 12 heavy (non-hydrogen) atoms. The molecular formula is C7H11N3O2. The van der Waals surface area contributed by atoms with Crippen LogP contribution in [0.15, 0.2) is 0 Å². The van der Waals surface area contributed by atoms with E-state index in [9.17, 15) is 9.59 Å². The first-order chi connectivity index (χ1) is 5.72. The normalized spacial score (nSPS) is 8.33. The van der Waals surface area contributed by atoms with Crippen LogP contribution in [-0.2, 0) is 9.59 Å². The average molecular weight is 169 g/mol. The Balaban J connectivity index is 3.64. The van der Waals surface area contributed by atoms with E-state index in [0.717, 1.165) is 6.42 Å². The second kappa shape index (κ2) is 6.16. The number of carbonyl (C=O) groups excluding carboxylic acids is 2. The molecule has 0 aromatic heterocycles. The third-order valence-corrected chi connectivity index (χ3v) is 1.07. The summed E-state index contributed by atoms with van der Waals surface area (Å²) in [6.07, 6.45) is 0.775. The molecule has 66 valence electrons. The van der Waals surface area contributed by atoms with Gasteiger partial charge in [0.2, 0.25) is 0 Å². The Morgan fingerprint density at radius 3 is 2.42 bits per heavy atom. The van der Waals surface area contributed by atoms with Crippen molar-refractivity contribution in [3.8, 4) is 6.07 Å². The van der Waals surface area contributed by atoms with E-state index in [1.807, 2.05) is 6.92 Å². The van der Waals surface area contributed by atoms with Crippen molar-refractivity contribution < 1.29 is 9.59 Å². The number of hydrogen-bond donors (Lipinski definition) is 2. The van der Waals surface area contributed by atoms with Gasteiger partial charge in [-0.3, -0.25) is 9.59 Å². The van der Waals surface area contributed by atoms with Crippen LogP contribution in [-0.4, -0.2) is 24.9 Å². The standard InChI is InChI=1S/C7H11N3O2/c1-2-4-9-6(11)7(12)10-5-3-8/h2,4-5H2,1H3,(H,9,11)(H,10,12). The fraction of sp³-hybridized carbons (Fsp3) is 0.571. The minimum Gasteiger partial charge on any atom is -0.348 e. The summed E-state index contributed by atoms with van der Waals surface area (Å²) in [7, 11) is 0. The molecule has 0 aliphatic rings. The van der Waals surface area contributed by atoms with Gasteiger partial charge in [-0.2, -0.15) is 5.26 Å². The summed E-state index contributed by atoms with van der Waals surface area (Å²) in [5.41, 5.74) is 0. The van der Waals surface area contributed by atoms with E-state index >= 15 is 0 Å². The maximum atomic E-state index is 10.8. The molecule has 0 aromatic rings. The molecule has 2 N–H and O–H groups in total. The molecule has 0 spiro atoms. The summed E-state index contributed by atoms with van der Waals surface area (Å²) in [5, 5.41) is 12.6. The van der Waals surface area contributed by atoms with Crippen LogP contribution in [0.4, 0.5) is 0 Å². The van der Waals surface area contributed by atoms with E-state index in [1.54, 1.807) is 6.07 Å². The second-order valence-electron chi connectivity index (χ2n) is 2.10. The Bertz CT molecular complexity index is 207. The zero-order valence-corrected chi connectivity index (χ0v) is 6.89. The van der Waals surface area contributed by atoms with Crippen molar-refractivity contribution in [2.24, 2.45) is 0 Å². The van der Waals surface area contributed by atoms with Crippen molar-refractivity contribution in [3.05, 3.63) is 0 Å². The van der Waals surface area contributed by atoms with Gasteiger partial charge < -0.3 is 10.6 Å². The number of rotatable bonds is 3. The zero-order valence-electron chi connectivity index (χ0n) is 6.89. The molecule has 0 rings (SSSR count). The Labute approximate surface area is 70.7 Å². The van der Waals surface area contributed by atoms with Gasteiger partial charge in [0.25, 0.3) is 0 Å². The van der Waals surface area contributed by atoms with E-state index < -0.39 is 11.8 Å². The lowest BCUT2D eigenvalue weighted by molar-refractivity contribution is -0.139. The lowest BCUT2D eigenvalue weighted by Gasteiger charge is -2.01. The lowest BCUT2D eigenvalue weighted by Crippen LogP contribution is -2.40. The number of amides is 2. The smallest absolute Gasteiger partial charge is 0.310 e. The van der Waals surface area contributed by atoms with Crippen molar-refractivity contribution in [3.63, 3.8) is 0 Å². The van der Waals surface area contributed by atoms with Gasteiger partial charge in [0.05, 0.1) is 6.07 Å². The van der Waals surface area contributed by atoms with Gasteiger partial charge in [0, 0.05) is 6.54 Å². The molecule has 5 heteroatoms. The SMILES string of the molecule is CCCNC(=O)C(=O)NCC#N. The topological polar surface area (TPSA) is 82.0 Å². The Morgan fingerprint density at radius 2 is 1.92 bits per heavy atom. The maximum absolute atomic E-state index is 10.8. The van der Waals surface area contributed by atoms with Gasteiger partial charge in [-0.15, -0.1) is 0 Å². The highest BCUT2D eigenvalue weighted by molar-refractivity contribution is 6.35. The van der Waals surface area contributed by atoms with Crippen molar-refractivity contribution in [1.82, 2.24) is 10.6 Å². The molecule has 0 bridgehead atoms. The summed E-state index contributed by atoms with van der Waals surface area (Å²) in [6, 6.07) is 1.70. The largest absolute Gasteiger partial charge is 0.348 e. The third kappa shape index (κ3) is 4.28. The van der Waals surface area contributed by atoms with Gasteiger partial charge in [0.15, 0.2) is 0 Å². The van der Waals surface area contributed by atoms with Crippen molar-refractivity contribution in [2.45, 2.75) is 13.3 Å². The van der Waals surface area contributed by atoms with E-state index in [-0.39, 0.29) is 6.54 Å². The van der Waals surface area contributed by atoms with Gasteiger partial charge in [-0.05, 0) is 6.42 Å². The van der Waals surface area contributed by atoms with Crippen LogP contribution >= 0.6 is 0 Å². The molecule has 0 heterocycles. The molecule has 0 aromatic carbocycles. The van der Waals surface area contributed by atoms with Crippen LogP contribution in [0.1, 0.15) is 13.3 Å². The second-order valence-corrected chi connectivity index (χ2v) is 2.10. The predicted molar refractivity (Wildman–Crippen MR) is 41.9 cm³/mol. The van der Waals surface area contributed by atoms with E-state index in [2.05, 4.69) is 10.6 Å². The Morgan fingerprint density at radius 1 is 1.33 bits per heavy atom. The first-order valence-electron chi connectivity index (χ1n) is 3.65. The van der Waals surface area contributed by atoms with Crippen LogP contribution in [0.3, 0.4) is 0 Å². The highest BCUT2D eigenvalue weighted by Crippen LogP contribution is 1.72. The minimum atomic E-state index is -0.759. The number of carbonyl (C=O) groups is 2. The monoisotopic (exact) mass is 169 g/mol. The van der Waals surface area contributed by atoms with Gasteiger partial charge in [-0.1, -0.05) is 6.92 Å². The molecule has 0 fully saturated rings. The quantitative estimate of drug-likeness (QED) is 0.426. The molecule has 0 aliphatic carbocycles. The highest BCUT2D eigenvalue weighted by Gasteiger charge is 2.10. The van der Waals surface area contributed by atoms with Gasteiger partial charge >= 0.3 is 11.8 Å². The average Bonchev–Trinajstić information content (AvgIpc) is 2.10. The molecule has 5 nitrogen and oxygen atoms in total. The lowest BCUT2D eigenvalue weighted by atomic mass is 10.4. The predicted octanol–water partition coefficient (Wildman–Crippen LogP) is -0.848. The number of hydrogen-bond acceptors (Lipinski definition) is 3. The van der Waals surface area contributed by atoms with Crippen LogP contribution in [0, 0.1) is 11.3 Å². The molecule has 2 amide bonds. The van der Waals surface area contributed by atoms with Crippen LogP contribution in [0.5, 0.6) is 0 Å². The first-order valence-corrected chi connectivity index (χ1v) is 3.65. The van der Waals surface area contributed by atoms with E-state index in [0.29, 0.717) is 6.54 Å². The Kier molecular flexibility index (Phi) is 5.35. The van der Waals surface area contributed by atoms with E-state index in [1.165, 1.54) is 0 Å². The Hall–Kier alpha value is -1.57. The molecule has 0 atom stereocenters. The molecule has 0 aliphatic heterocycles. The molecule has 0 unspecified atom stereocenters. The van der Waals surface area contributed by atoms with Crippen molar-refractivity contribution in [2.75, 3.05) is 13.1 Å².